The first-order valence-electron chi connectivity index (χ1n) is 5.81. The number of hydrogen-bond donors (Lipinski definition) is 0. The van der Waals surface area contributed by atoms with Gasteiger partial charge in [0.25, 0.3) is 0 Å². The molecule has 0 spiro atoms. The van der Waals surface area contributed by atoms with E-state index in [9.17, 15) is 0 Å². The topological polar surface area (TPSA) is 0 Å². The molecular weight excluding hydrogens is 236 g/mol. The predicted octanol–water partition coefficient (Wildman–Crippen LogP) is 5.00. The first kappa shape index (κ1) is 11.9. The van der Waals surface area contributed by atoms with E-state index in [1.165, 1.54) is 43.2 Å². The Hall–Kier alpha value is -0.620. The van der Waals surface area contributed by atoms with E-state index in [4.69, 9.17) is 23.8 Å². The number of rotatable bonds is 2. The van der Waals surface area contributed by atoms with E-state index < -0.39 is 0 Å². The van der Waals surface area contributed by atoms with Crippen LogP contribution < -0.4 is 0 Å². The molecule has 1 aromatic rings. The summed E-state index contributed by atoms with van der Waals surface area (Å²) < 4.78 is 0. The standard InChI is InChI=1S/C14H15ClS/c15-13-7-6-12(8-9-16)14(10-13)11-4-2-1-3-5-11/h6-8,10-11H,1-5H2. The van der Waals surface area contributed by atoms with E-state index in [0.717, 1.165) is 5.02 Å². The molecule has 16 heavy (non-hydrogen) atoms. The molecule has 0 nitrogen and oxygen atoms in total. The van der Waals surface area contributed by atoms with Crippen LogP contribution in [0.3, 0.4) is 0 Å². The van der Waals surface area contributed by atoms with Gasteiger partial charge in [0.15, 0.2) is 0 Å². The molecule has 1 aromatic carbocycles. The van der Waals surface area contributed by atoms with E-state index in [-0.39, 0.29) is 0 Å². The van der Waals surface area contributed by atoms with Crippen molar-refractivity contribution < 1.29 is 0 Å². The molecule has 0 saturated heterocycles. The maximum Gasteiger partial charge on any atom is 0.0409 e. The minimum absolute atomic E-state index is 0.655. The second-order valence-corrected chi connectivity index (χ2v) is 5.04. The van der Waals surface area contributed by atoms with E-state index in [1.807, 2.05) is 18.2 Å². The van der Waals surface area contributed by atoms with Crippen LogP contribution in [0.1, 0.15) is 49.1 Å². The first-order chi connectivity index (χ1) is 7.81. The van der Waals surface area contributed by atoms with Gasteiger partial charge in [-0.05, 0) is 65.3 Å². The van der Waals surface area contributed by atoms with Gasteiger partial charge in [0.2, 0.25) is 0 Å². The van der Waals surface area contributed by atoms with Crippen LogP contribution in [0, 0.1) is 0 Å². The average molecular weight is 251 g/mol. The lowest BCUT2D eigenvalue weighted by Gasteiger charge is -2.23. The van der Waals surface area contributed by atoms with E-state index in [1.54, 1.807) is 0 Å². The van der Waals surface area contributed by atoms with E-state index in [2.05, 4.69) is 11.1 Å². The molecule has 2 heteroatoms. The van der Waals surface area contributed by atoms with Crippen LogP contribution in [0.2, 0.25) is 5.02 Å². The Morgan fingerprint density at radius 3 is 2.69 bits per heavy atom. The highest BCUT2D eigenvalue weighted by molar-refractivity contribution is 7.78. The van der Waals surface area contributed by atoms with Crippen molar-refractivity contribution in [2.75, 3.05) is 0 Å². The Kier molecular flexibility index (Phi) is 4.17. The van der Waals surface area contributed by atoms with Crippen molar-refractivity contribution in [3.8, 4) is 0 Å². The highest BCUT2D eigenvalue weighted by atomic mass is 35.5. The summed E-state index contributed by atoms with van der Waals surface area (Å²) in [6.45, 7) is 0. The van der Waals surface area contributed by atoms with Gasteiger partial charge >= 0.3 is 0 Å². The Morgan fingerprint density at radius 1 is 1.25 bits per heavy atom. The molecule has 0 amide bonds. The molecule has 0 heterocycles. The van der Waals surface area contributed by atoms with Gasteiger partial charge in [-0.15, -0.1) is 0 Å². The molecule has 1 saturated carbocycles. The van der Waals surface area contributed by atoms with Crippen molar-refractivity contribution >= 4 is 34.9 Å². The summed E-state index contributed by atoms with van der Waals surface area (Å²) in [6.07, 6.45) is 8.47. The molecule has 0 bridgehead atoms. The maximum absolute atomic E-state index is 6.08. The minimum atomic E-state index is 0.655. The third kappa shape index (κ3) is 2.74. The maximum atomic E-state index is 6.08. The van der Waals surface area contributed by atoms with Crippen molar-refractivity contribution in [1.82, 2.24) is 0 Å². The van der Waals surface area contributed by atoms with Crippen molar-refractivity contribution in [3.63, 3.8) is 0 Å². The molecule has 0 atom stereocenters. The second-order valence-electron chi connectivity index (χ2n) is 4.37. The first-order valence-corrected chi connectivity index (χ1v) is 6.60. The van der Waals surface area contributed by atoms with Gasteiger partial charge in [0, 0.05) is 5.02 Å². The normalized spacial score (nSPS) is 16.8. The van der Waals surface area contributed by atoms with Crippen molar-refractivity contribution in [2.24, 2.45) is 0 Å². The van der Waals surface area contributed by atoms with E-state index in [0.29, 0.717) is 5.92 Å². The fraction of sp³-hybridized carbons (Fsp3) is 0.429. The minimum Gasteiger partial charge on any atom is -0.0843 e. The van der Waals surface area contributed by atoms with Crippen LogP contribution in [-0.2, 0) is 0 Å². The van der Waals surface area contributed by atoms with Crippen molar-refractivity contribution in [3.05, 3.63) is 34.3 Å². The van der Waals surface area contributed by atoms with Crippen LogP contribution in [0.5, 0.6) is 0 Å². The SMILES string of the molecule is S=C=Cc1ccc(Cl)cc1C1CCCCC1. The Labute approximate surface area is 107 Å². The lowest BCUT2D eigenvalue weighted by molar-refractivity contribution is 0.443. The highest BCUT2D eigenvalue weighted by Gasteiger charge is 2.17. The molecule has 2 rings (SSSR count). The van der Waals surface area contributed by atoms with Gasteiger partial charge in [0.05, 0.1) is 0 Å². The number of thiocarbonyl (C=S) groups is 1. The van der Waals surface area contributed by atoms with Gasteiger partial charge in [-0.3, -0.25) is 0 Å². The molecule has 1 fully saturated rings. The third-order valence-electron chi connectivity index (χ3n) is 3.31. The van der Waals surface area contributed by atoms with E-state index >= 15 is 0 Å². The van der Waals surface area contributed by atoms with Gasteiger partial charge < -0.3 is 0 Å². The lowest BCUT2D eigenvalue weighted by atomic mass is 9.82. The molecule has 0 radical (unpaired) electrons. The Bertz CT molecular complexity index is 413. The largest absolute Gasteiger partial charge is 0.0843 e. The summed E-state index contributed by atoms with van der Waals surface area (Å²) in [4.78, 5) is 0. The fourth-order valence-electron chi connectivity index (χ4n) is 2.51. The average Bonchev–Trinajstić information content (AvgIpc) is 2.33. The number of halogens is 1. The monoisotopic (exact) mass is 250 g/mol. The summed E-state index contributed by atoms with van der Waals surface area (Å²) >= 11 is 10.9. The molecule has 1 aliphatic carbocycles. The molecule has 0 N–H and O–H groups in total. The lowest BCUT2D eigenvalue weighted by Crippen LogP contribution is -2.06. The van der Waals surface area contributed by atoms with Crippen LogP contribution in [0.25, 0.3) is 6.08 Å². The highest BCUT2D eigenvalue weighted by Crippen LogP contribution is 2.35. The molecule has 0 unspecified atom stereocenters. The zero-order chi connectivity index (χ0) is 11.4. The summed E-state index contributed by atoms with van der Waals surface area (Å²) in [5.41, 5.74) is 2.54. The quantitative estimate of drug-likeness (QED) is 0.666. The Morgan fingerprint density at radius 2 is 2.00 bits per heavy atom. The molecule has 0 aliphatic heterocycles. The summed E-state index contributed by atoms with van der Waals surface area (Å²) in [5, 5.41) is 3.52. The fourth-order valence-corrected chi connectivity index (χ4v) is 2.82. The van der Waals surface area contributed by atoms with Crippen LogP contribution in [0.15, 0.2) is 18.2 Å². The summed E-state index contributed by atoms with van der Waals surface area (Å²) in [7, 11) is 0. The van der Waals surface area contributed by atoms with Crippen molar-refractivity contribution in [1.29, 1.82) is 0 Å². The number of benzene rings is 1. The van der Waals surface area contributed by atoms with Gasteiger partial charge in [-0.2, -0.15) is 0 Å². The molecule has 84 valence electrons. The zero-order valence-corrected chi connectivity index (χ0v) is 10.8. The van der Waals surface area contributed by atoms with Gasteiger partial charge in [0.1, 0.15) is 0 Å². The third-order valence-corrected chi connectivity index (χ3v) is 3.66. The number of hydrogen-bond acceptors (Lipinski definition) is 1. The summed E-state index contributed by atoms with van der Waals surface area (Å²) in [5.74, 6) is 0.655. The Balaban J connectivity index is 2.35. The summed E-state index contributed by atoms with van der Waals surface area (Å²) in [6, 6.07) is 6.06. The second kappa shape index (κ2) is 5.63. The van der Waals surface area contributed by atoms with Crippen molar-refractivity contribution in [2.45, 2.75) is 38.0 Å². The smallest absolute Gasteiger partial charge is 0.0409 e. The van der Waals surface area contributed by atoms with Crippen LogP contribution in [-0.4, -0.2) is 5.02 Å². The predicted molar refractivity (Wildman–Crippen MR) is 74.3 cm³/mol. The van der Waals surface area contributed by atoms with Crippen LogP contribution in [0.4, 0.5) is 0 Å². The molecule has 0 aromatic heterocycles. The van der Waals surface area contributed by atoms with Crippen LogP contribution >= 0.6 is 23.8 Å². The van der Waals surface area contributed by atoms with Gasteiger partial charge in [-0.25, -0.2) is 0 Å². The molecule has 1 aliphatic rings. The van der Waals surface area contributed by atoms with Gasteiger partial charge in [-0.1, -0.05) is 36.9 Å². The molecular formula is C14H15ClS. The zero-order valence-electron chi connectivity index (χ0n) is 9.21.